The number of imidazole rings is 1. The molecule has 1 heterocycles. The molecule has 1 aromatic heterocycles. The number of nitrogens with zero attached hydrogens (tertiary/aromatic N) is 3. The van der Waals surface area contributed by atoms with Crippen molar-refractivity contribution in [3.8, 4) is 0 Å². The number of fused-ring (bicyclic) bond motifs is 1. The van der Waals surface area contributed by atoms with E-state index in [1.54, 1.807) is 18.2 Å². The number of likely N-dealkylation sites (N-methyl/N-ethyl adjacent to an activating group) is 1. The number of benzene rings is 1. The third kappa shape index (κ3) is 2.78. The minimum Gasteiger partial charge on any atom is -0.478 e. The highest BCUT2D eigenvalue weighted by Crippen LogP contribution is 2.26. The second-order valence-electron chi connectivity index (χ2n) is 5.68. The molecule has 1 N–H and O–H groups in total. The average Bonchev–Trinajstić information content (AvgIpc) is 3.24. The first kappa shape index (κ1) is 14.1. The van der Waals surface area contributed by atoms with Crippen molar-refractivity contribution in [2.24, 2.45) is 0 Å². The van der Waals surface area contributed by atoms with Crippen molar-refractivity contribution in [1.82, 2.24) is 14.5 Å². The van der Waals surface area contributed by atoms with Crippen LogP contribution in [0.25, 0.3) is 11.0 Å². The molecule has 1 fully saturated rings. The van der Waals surface area contributed by atoms with Crippen molar-refractivity contribution in [1.29, 1.82) is 0 Å². The summed E-state index contributed by atoms with van der Waals surface area (Å²) in [7, 11) is 0. The second kappa shape index (κ2) is 5.48. The van der Waals surface area contributed by atoms with Crippen LogP contribution >= 0.6 is 0 Å². The first-order chi connectivity index (χ1) is 10.1. The van der Waals surface area contributed by atoms with Gasteiger partial charge in [-0.25, -0.2) is 9.78 Å². The molecule has 0 spiro atoms. The molecule has 0 unspecified atom stereocenters. The minimum absolute atomic E-state index is 0.318. The zero-order valence-corrected chi connectivity index (χ0v) is 12.5. The first-order valence-electron chi connectivity index (χ1n) is 7.54. The lowest BCUT2D eigenvalue weighted by Crippen LogP contribution is -2.29. The van der Waals surface area contributed by atoms with Crippen molar-refractivity contribution >= 4 is 17.0 Å². The van der Waals surface area contributed by atoms with Gasteiger partial charge in [0.15, 0.2) is 0 Å². The molecule has 5 nitrogen and oxygen atoms in total. The summed E-state index contributed by atoms with van der Waals surface area (Å²) in [5, 5.41) is 9.14. The molecule has 0 aliphatic heterocycles. The second-order valence-corrected chi connectivity index (χ2v) is 5.68. The van der Waals surface area contributed by atoms with Crippen molar-refractivity contribution in [3.63, 3.8) is 0 Å². The maximum absolute atomic E-state index is 11.1. The Morgan fingerprint density at radius 1 is 1.48 bits per heavy atom. The van der Waals surface area contributed by atoms with Crippen LogP contribution < -0.4 is 0 Å². The summed E-state index contributed by atoms with van der Waals surface area (Å²) in [4.78, 5) is 18.2. The Morgan fingerprint density at radius 3 is 2.86 bits per heavy atom. The zero-order valence-electron chi connectivity index (χ0n) is 12.5. The van der Waals surface area contributed by atoms with Crippen LogP contribution in [0.4, 0.5) is 0 Å². The Labute approximate surface area is 124 Å². The Bertz CT molecular complexity index is 673. The Morgan fingerprint density at radius 2 is 2.24 bits per heavy atom. The molecule has 0 atom stereocenters. The van der Waals surface area contributed by atoms with Gasteiger partial charge in [-0.3, -0.25) is 4.90 Å². The van der Waals surface area contributed by atoms with Crippen LogP contribution in [0, 0.1) is 6.92 Å². The average molecular weight is 287 g/mol. The van der Waals surface area contributed by atoms with E-state index in [4.69, 9.17) is 5.11 Å². The van der Waals surface area contributed by atoms with Crippen molar-refractivity contribution < 1.29 is 9.90 Å². The molecule has 1 saturated carbocycles. The van der Waals surface area contributed by atoms with Gasteiger partial charge < -0.3 is 9.67 Å². The Kier molecular flexibility index (Phi) is 3.68. The number of aromatic nitrogens is 2. The van der Waals surface area contributed by atoms with Gasteiger partial charge in [0.1, 0.15) is 5.82 Å². The van der Waals surface area contributed by atoms with Gasteiger partial charge in [0.05, 0.1) is 16.6 Å². The van der Waals surface area contributed by atoms with E-state index in [1.807, 2.05) is 6.92 Å². The fourth-order valence-electron chi connectivity index (χ4n) is 2.93. The number of carboxylic acid groups (broad SMARTS) is 1. The Balaban J connectivity index is 1.87. The monoisotopic (exact) mass is 287 g/mol. The maximum atomic E-state index is 11.1. The molecular formula is C16H21N3O2. The van der Waals surface area contributed by atoms with E-state index in [1.165, 1.54) is 12.8 Å². The summed E-state index contributed by atoms with van der Waals surface area (Å²) in [6, 6.07) is 5.88. The molecule has 1 aliphatic carbocycles. The summed E-state index contributed by atoms with van der Waals surface area (Å²) in [6.07, 6.45) is 2.61. The number of aryl methyl sites for hydroxylation is 1. The summed E-state index contributed by atoms with van der Waals surface area (Å²) in [5.74, 6) is 0.0508. The van der Waals surface area contributed by atoms with Gasteiger partial charge in [0.2, 0.25) is 0 Å². The number of hydrogen-bond acceptors (Lipinski definition) is 3. The molecule has 0 amide bonds. The molecule has 3 rings (SSSR count). The largest absolute Gasteiger partial charge is 0.478 e. The van der Waals surface area contributed by atoms with Gasteiger partial charge in [-0.1, -0.05) is 6.92 Å². The fourth-order valence-corrected chi connectivity index (χ4v) is 2.93. The van der Waals surface area contributed by atoms with E-state index in [2.05, 4.69) is 21.4 Å². The van der Waals surface area contributed by atoms with Gasteiger partial charge in [0.25, 0.3) is 0 Å². The number of rotatable bonds is 6. The molecule has 1 aliphatic rings. The van der Waals surface area contributed by atoms with Crippen LogP contribution in [-0.4, -0.2) is 44.7 Å². The molecule has 5 heteroatoms. The highest BCUT2D eigenvalue weighted by atomic mass is 16.4. The molecule has 112 valence electrons. The third-order valence-corrected chi connectivity index (χ3v) is 4.27. The quantitative estimate of drug-likeness (QED) is 0.887. The lowest BCUT2D eigenvalue weighted by Gasteiger charge is -2.20. The number of carbonyl (C=O) groups is 1. The predicted octanol–water partition coefficient (Wildman–Crippen LogP) is 2.53. The molecule has 0 bridgehead atoms. The zero-order chi connectivity index (χ0) is 15.0. The van der Waals surface area contributed by atoms with E-state index in [-0.39, 0.29) is 0 Å². The van der Waals surface area contributed by atoms with Gasteiger partial charge in [-0.05, 0) is 44.5 Å². The standard InChI is InChI=1S/C16H21N3O2/c1-3-18(13-5-6-13)8-9-19-11(2)17-14-7-4-12(16(20)21)10-15(14)19/h4,7,10,13H,3,5-6,8-9H2,1-2H3,(H,20,21). The van der Waals surface area contributed by atoms with Gasteiger partial charge in [-0.15, -0.1) is 0 Å². The van der Waals surface area contributed by atoms with Crippen molar-refractivity contribution in [2.75, 3.05) is 13.1 Å². The highest BCUT2D eigenvalue weighted by Gasteiger charge is 2.27. The summed E-state index contributed by atoms with van der Waals surface area (Å²) < 4.78 is 2.13. The van der Waals surface area contributed by atoms with Crippen LogP contribution in [-0.2, 0) is 6.54 Å². The van der Waals surface area contributed by atoms with Gasteiger partial charge >= 0.3 is 5.97 Å². The minimum atomic E-state index is -0.893. The third-order valence-electron chi connectivity index (χ3n) is 4.27. The molecular weight excluding hydrogens is 266 g/mol. The SMILES string of the molecule is CCN(CCn1c(C)nc2ccc(C(=O)O)cc21)C1CC1. The molecule has 1 aromatic carbocycles. The lowest BCUT2D eigenvalue weighted by molar-refractivity contribution is 0.0697. The fraction of sp³-hybridized carbons (Fsp3) is 0.500. The Hall–Kier alpha value is -1.88. The molecule has 0 saturated heterocycles. The molecule has 0 radical (unpaired) electrons. The number of carboxylic acids is 1. The summed E-state index contributed by atoms with van der Waals surface area (Å²) in [6.45, 7) is 7.09. The van der Waals surface area contributed by atoms with Crippen LogP contribution in [0.3, 0.4) is 0 Å². The van der Waals surface area contributed by atoms with E-state index in [9.17, 15) is 4.79 Å². The first-order valence-corrected chi connectivity index (χ1v) is 7.54. The highest BCUT2D eigenvalue weighted by molar-refractivity contribution is 5.92. The van der Waals surface area contributed by atoms with E-state index in [0.29, 0.717) is 5.56 Å². The topological polar surface area (TPSA) is 58.4 Å². The predicted molar refractivity (Wildman–Crippen MR) is 81.7 cm³/mol. The number of aromatic carboxylic acids is 1. The lowest BCUT2D eigenvalue weighted by atomic mass is 10.2. The van der Waals surface area contributed by atoms with E-state index < -0.39 is 5.97 Å². The van der Waals surface area contributed by atoms with Crippen LogP contribution in [0.1, 0.15) is 35.9 Å². The van der Waals surface area contributed by atoms with E-state index >= 15 is 0 Å². The molecule has 2 aromatic rings. The normalized spacial score (nSPS) is 15.0. The van der Waals surface area contributed by atoms with Gasteiger partial charge in [-0.2, -0.15) is 0 Å². The van der Waals surface area contributed by atoms with Gasteiger partial charge in [0, 0.05) is 19.1 Å². The summed E-state index contributed by atoms with van der Waals surface area (Å²) in [5.41, 5.74) is 2.10. The van der Waals surface area contributed by atoms with Crippen LogP contribution in [0.5, 0.6) is 0 Å². The van der Waals surface area contributed by atoms with Crippen molar-refractivity contribution in [3.05, 3.63) is 29.6 Å². The smallest absolute Gasteiger partial charge is 0.335 e. The van der Waals surface area contributed by atoms with Crippen molar-refractivity contribution in [2.45, 2.75) is 39.3 Å². The maximum Gasteiger partial charge on any atom is 0.335 e. The van der Waals surface area contributed by atoms with Crippen LogP contribution in [0.15, 0.2) is 18.2 Å². The van der Waals surface area contributed by atoms with E-state index in [0.717, 1.165) is 42.5 Å². The summed E-state index contributed by atoms with van der Waals surface area (Å²) >= 11 is 0. The van der Waals surface area contributed by atoms with Crippen LogP contribution in [0.2, 0.25) is 0 Å². The molecule has 21 heavy (non-hydrogen) atoms. The number of hydrogen-bond donors (Lipinski definition) is 1.